The number of aromatic nitrogens is 2. The van der Waals surface area contributed by atoms with E-state index in [1.165, 1.54) is 25.9 Å². The Morgan fingerprint density at radius 3 is 2.63 bits per heavy atom. The molecule has 2 heterocycles. The lowest BCUT2D eigenvalue weighted by molar-refractivity contribution is 0.220. The lowest BCUT2D eigenvalue weighted by atomic mass is 10.0. The monoisotopic (exact) mass is 282 g/mol. The molecule has 19 heavy (non-hydrogen) atoms. The number of halogens is 1. The first-order valence-electron chi connectivity index (χ1n) is 6.99. The topological polar surface area (TPSA) is 32.3 Å². The van der Waals surface area contributed by atoms with Crippen LogP contribution in [0.1, 0.15) is 31.0 Å². The van der Waals surface area contributed by atoms with Crippen LogP contribution in [0, 0.1) is 6.92 Å². The van der Waals surface area contributed by atoms with Gasteiger partial charge in [-0.15, -0.1) is 11.6 Å². The van der Waals surface area contributed by atoms with Crippen LogP contribution >= 0.6 is 11.6 Å². The molecule has 2 rings (SSSR count). The van der Waals surface area contributed by atoms with Gasteiger partial charge in [-0.05, 0) is 26.3 Å². The maximum atomic E-state index is 5.85. The fraction of sp³-hybridized carbons (Fsp3) is 0.714. The molecule has 0 spiro atoms. The Hall–Kier alpha value is -0.870. The van der Waals surface area contributed by atoms with Crippen molar-refractivity contribution in [2.45, 2.75) is 38.6 Å². The summed E-state index contributed by atoms with van der Waals surface area (Å²) in [7, 11) is 2.10. The van der Waals surface area contributed by atoms with Gasteiger partial charge >= 0.3 is 0 Å². The summed E-state index contributed by atoms with van der Waals surface area (Å²) in [6.45, 7) is 7.71. The molecule has 5 heteroatoms. The van der Waals surface area contributed by atoms with Gasteiger partial charge in [-0.1, -0.05) is 6.92 Å². The minimum Gasteiger partial charge on any atom is -0.341 e. The Kier molecular flexibility index (Phi) is 4.99. The van der Waals surface area contributed by atoms with E-state index in [9.17, 15) is 0 Å². The zero-order chi connectivity index (χ0) is 13.8. The highest BCUT2D eigenvalue weighted by molar-refractivity contribution is 6.17. The number of likely N-dealkylation sites (tertiary alicyclic amines) is 1. The number of hydrogen-bond donors (Lipinski definition) is 0. The van der Waals surface area contributed by atoms with Crippen molar-refractivity contribution in [1.82, 2.24) is 14.9 Å². The van der Waals surface area contributed by atoms with E-state index in [2.05, 4.69) is 33.7 Å². The molecule has 0 aromatic carbocycles. The van der Waals surface area contributed by atoms with E-state index in [1.54, 1.807) is 0 Å². The fourth-order valence-electron chi connectivity index (χ4n) is 2.57. The quantitative estimate of drug-likeness (QED) is 0.794. The number of anilines is 1. The summed E-state index contributed by atoms with van der Waals surface area (Å²) in [5, 5.41) is 0. The number of hydrogen-bond acceptors (Lipinski definition) is 4. The van der Waals surface area contributed by atoms with E-state index in [4.69, 9.17) is 11.6 Å². The number of piperidine rings is 1. The van der Waals surface area contributed by atoms with Crippen LogP contribution in [0.4, 0.5) is 5.95 Å². The van der Waals surface area contributed by atoms with Crippen LogP contribution in [0.2, 0.25) is 0 Å². The molecule has 0 saturated carbocycles. The van der Waals surface area contributed by atoms with Crippen molar-refractivity contribution >= 4 is 17.5 Å². The molecule has 1 aliphatic heterocycles. The van der Waals surface area contributed by atoms with Gasteiger partial charge in [0.05, 0.1) is 5.88 Å². The largest absolute Gasteiger partial charge is 0.341 e. The van der Waals surface area contributed by atoms with E-state index < -0.39 is 0 Å². The van der Waals surface area contributed by atoms with Crippen molar-refractivity contribution in [3.8, 4) is 0 Å². The Morgan fingerprint density at radius 1 is 1.42 bits per heavy atom. The van der Waals surface area contributed by atoms with Crippen molar-refractivity contribution in [2.75, 3.05) is 31.6 Å². The molecule has 0 amide bonds. The second kappa shape index (κ2) is 6.53. The zero-order valence-electron chi connectivity index (χ0n) is 12.1. The van der Waals surface area contributed by atoms with E-state index in [0.717, 1.165) is 23.8 Å². The van der Waals surface area contributed by atoms with Crippen molar-refractivity contribution in [3.05, 3.63) is 17.5 Å². The average Bonchev–Trinajstić information content (AvgIpc) is 2.46. The second-order valence-electron chi connectivity index (χ2n) is 5.19. The molecule has 106 valence electrons. The lowest BCUT2D eigenvalue weighted by Crippen LogP contribution is -2.43. The van der Waals surface area contributed by atoms with E-state index in [0.29, 0.717) is 11.9 Å². The zero-order valence-corrected chi connectivity index (χ0v) is 12.8. The number of aryl methyl sites for hydroxylation is 1. The van der Waals surface area contributed by atoms with Crippen molar-refractivity contribution in [1.29, 1.82) is 0 Å². The molecule has 1 saturated heterocycles. The summed E-state index contributed by atoms with van der Waals surface area (Å²) in [6, 6.07) is 0.545. The Bertz CT molecular complexity index is 416. The van der Waals surface area contributed by atoms with E-state index in [1.807, 2.05) is 13.1 Å². The van der Waals surface area contributed by atoms with Gasteiger partial charge in [-0.25, -0.2) is 9.97 Å². The highest BCUT2D eigenvalue weighted by Gasteiger charge is 2.23. The molecule has 1 fully saturated rings. The summed E-state index contributed by atoms with van der Waals surface area (Å²) in [4.78, 5) is 13.7. The molecule has 4 nitrogen and oxygen atoms in total. The van der Waals surface area contributed by atoms with Crippen LogP contribution in [0.15, 0.2) is 6.20 Å². The minimum absolute atomic E-state index is 0.477. The Balaban J connectivity index is 2.03. The molecule has 0 N–H and O–H groups in total. The van der Waals surface area contributed by atoms with Crippen LogP contribution in [0.25, 0.3) is 0 Å². The van der Waals surface area contributed by atoms with Crippen LogP contribution in [0.3, 0.4) is 0 Å². The van der Waals surface area contributed by atoms with Crippen molar-refractivity contribution in [3.63, 3.8) is 0 Å². The van der Waals surface area contributed by atoms with Gasteiger partial charge < -0.3 is 9.80 Å². The Labute approximate surface area is 120 Å². The molecule has 0 unspecified atom stereocenters. The summed E-state index contributed by atoms with van der Waals surface area (Å²) in [6.07, 6.45) is 4.22. The minimum atomic E-state index is 0.477. The highest BCUT2D eigenvalue weighted by Crippen LogP contribution is 2.20. The number of alkyl halides is 1. The maximum absolute atomic E-state index is 5.85. The number of nitrogens with zero attached hydrogens (tertiary/aromatic N) is 4. The standard InChI is InChI=1S/C14H23ClN4/c1-4-19-7-5-13(6-8-19)18(3)14-16-10-12(9-15)11(2)17-14/h10,13H,4-9H2,1-3H3. The summed E-state index contributed by atoms with van der Waals surface area (Å²) in [5.41, 5.74) is 2.00. The fourth-order valence-corrected chi connectivity index (χ4v) is 2.83. The van der Waals surface area contributed by atoms with Gasteiger partial charge in [0.1, 0.15) is 0 Å². The number of rotatable bonds is 4. The van der Waals surface area contributed by atoms with Gasteiger partial charge in [0.2, 0.25) is 5.95 Å². The molecule has 0 aliphatic carbocycles. The second-order valence-corrected chi connectivity index (χ2v) is 5.46. The van der Waals surface area contributed by atoms with Gasteiger partial charge in [-0.3, -0.25) is 0 Å². The predicted molar refractivity (Wildman–Crippen MR) is 79.9 cm³/mol. The molecule has 1 aromatic rings. The molecule has 1 aliphatic rings. The smallest absolute Gasteiger partial charge is 0.225 e. The first kappa shape index (κ1) is 14.5. The van der Waals surface area contributed by atoms with Gasteiger partial charge in [0.15, 0.2) is 0 Å². The van der Waals surface area contributed by atoms with Crippen molar-refractivity contribution < 1.29 is 0 Å². The first-order chi connectivity index (χ1) is 9.15. The first-order valence-corrected chi connectivity index (χ1v) is 7.52. The van der Waals surface area contributed by atoms with Crippen LogP contribution in [-0.2, 0) is 5.88 Å². The molecular weight excluding hydrogens is 260 g/mol. The molecular formula is C14H23ClN4. The average molecular weight is 283 g/mol. The highest BCUT2D eigenvalue weighted by atomic mass is 35.5. The molecule has 0 radical (unpaired) electrons. The van der Waals surface area contributed by atoms with Gasteiger partial charge in [-0.2, -0.15) is 0 Å². The van der Waals surface area contributed by atoms with E-state index >= 15 is 0 Å². The third kappa shape index (κ3) is 3.37. The van der Waals surface area contributed by atoms with Crippen LogP contribution in [0.5, 0.6) is 0 Å². The molecule has 1 aromatic heterocycles. The van der Waals surface area contributed by atoms with Crippen LogP contribution < -0.4 is 4.90 Å². The molecule has 0 atom stereocenters. The third-order valence-electron chi connectivity index (χ3n) is 4.08. The summed E-state index contributed by atoms with van der Waals surface area (Å²) < 4.78 is 0. The van der Waals surface area contributed by atoms with Gasteiger partial charge in [0, 0.05) is 43.6 Å². The normalized spacial score (nSPS) is 17.7. The van der Waals surface area contributed by atoms with Crippen LogP contribution in [-0.4, -0.2) is 47.6 Å². The van der Waals surface area contributed by atoms with Crippen molar-refractivity contribution in [2.24, 2.45) is 0 Å². The van der Waals surface area contributed by atoms with E-state index in [-0.39, 0.29) is 0 Å². The summed E-state index contributed by atoms with van der Waals surface area (Å²) >= 11 is 5.85. The summed E-state index contributed by atoms with van der Waals surface area (Å²) in [5.74, 6) is 1.30. The lowest BCUT2D eigenvalue weighted by Gasteiger charge is -2.36. The third-order valence-corrected chi connectivity index (χ3v) is 4.37. The maximum Gasteiger partial charge on any atom is 0.225 e. The van der Waals surface area contributed by atoms with Gasteiger partial charge in [0.25, 0.3) is 0 Å². The predicted octanol–water partition coefficient (Wildman–Crippen LogP) is 2.44. The Morgan fingerprint density at radius 2 is 2.11 bits per heavy atom. The molecule has 0 bridgehead atoms. The SMILES string of the molecule is CCN1CCC(N(C)c2ncc(CCl)c(C)n2)CC1.